The zero-order valence-electron chi connectivity index (χ0n) is 21.3. The number of hydrogen-bond donors (Lipinski definition) is 2. The molecule has 0 spiro atoms. The van der Waals surface area contributed by atoms with E-state index in [9.17, 15) is 8.42 Å². The van der Waals surface area contributed by atoms with Gasteiger partial charge in [0.1, 0.15) is 6.61 Å². The lowest BCUT2D eigenvalue weighted by Crippen LogP contribution is -2.38. The number of benzene rings is 3. The predicted molar refractivity (Wildman–Crippen MR) is 146 cm³/mol. The fraction of sp³-hybridized carbons (Fsp3) is 0.241. The number of sulfonamides is 1. The zero-order valence-corrected chi connectivity index (χ0v) is 22.2. The summed E-state index contributed by atoms with van der Waals surface area (Å²) in [6, 6.07) is 24.3. The molecule has 3 aromatic carbocycles. The van der Waals surface area contributed by atoms with Crippen molar-refractivity contribution in [2.24, 2.45) is 0 Å². The molecule has 1 aliphatic heterocycles. The molecular formula is C29H30N4O4S. The lowest BCUT2D eigenvalue weighted by molar-refractivity contribution is 0.0811. The van der Waals surface area contributed by atoms with Crippen LogP contribution in [0.3, 0.4) is 0 Å². The van der Waals surface area contributed by atoms with Crippen LogP contribution in [0.2, 0.25) is 0 Å². The smallest absolute Gasteiger partial charge is 0.264 e. The lowest BCUT2D eigenvalue weighted by Gasteiger charge is -2.20. The standard InChI is InChI=1S/C29H30N4O4S/c1-20-8-6-9-21(2)28(20)26-15-27-32-29(31-26)33-38(34,35)25-13-7-12-23(14-25)16-30-24(19-37-27)18-36-17-22-10-4-3-5-11-22/h3-15,24,30H,16-19H2,1-2H3,(H,31,32,33)/t24-/m1/s1. The molecule has 0 radical (unpaired) electrons. The number of aryl methyl sites for hydroxylation is 2. The zero-order chi connectivity index (χ0) is 26.5. The second kappa shape index (κ2) is 11.3. The van der Waals surface area contributed by atoms with Gasteiger partial charge in [-0.15, -0.1) is 0 Å². The Labute approximate surface area is 223 Å². The third-order valence-corrected chi connectivity index (χ3v) is 7.66. The monoisotopic (exact) mass is 530 g/mol. The molecule has 38 heavy (non-hydrogen) atoms. The van der Waals surface area contributed by atoms with Crippen LogP contribution in [0.25, 0.3) is 11.3 Å². The molecule has 1 aliphatic rings. The van der Waals surface area contributed by atoms with Crippen molar-refractivity contribution in [1.29, 1.82) is 0 Å². The highest BCUT2D eigenvalue weighted by Crippen LogP contribution is 2.29. The third kappa shape index (κ3) is 6.19. The van der Waals surface area contributed by atoms with Gasteiger partial charge in [-0.05, 0) is 48.2 Å². The van der Waals surface area contributed by atoms with Gasteiger partial charge in [0.05, 0.1) is 29.8 Å². The van der Waals surface area contributed by atoms with Gasteiger partial charge in [0.15, 0.2) is 0 Å². The highest BCUT2D eigenvalue weighted by Gasteiger charge is 2.21. The molecule has 2 heterocycles. The van der Waals surface area contributed by atoms with Crippen molar-refractivity contribution in [2.45, 2.75) is 37.9 Å². The van der Waals surface area contributed by atoms with E-state index < -0.39 is 10.0 Å². The largest absolute Gasteiger partial charge is 0.476 e. The third-order valence-electron chi connectivity index (χ3n) is 6.33. The minimum Gasteiger partial charge on any atom is -0.476 e. The van der Waals surface area contributed by atoms with E-state index in [1.807, 2.05) is 68.4 Å². The molecule has 0 saturated carbocycles. The molecule has 9 heteroatoms. The number of hydrogen-bond acceptors (Lipinski definition) is 7. The predicted octanol–water partition coefficient (Wildman–Crippen LogP) is 4.63. The topological polar surface area (TPSA) is 102 Å². The average Bonchev–Trinajstić information content (AvgIpc) is 2.90. The van der Waals surface area contributed by atoms with Gasteiger partial charge in [0.2, 0.25) is 11.8 Å². The molecule has 5 rings (SSSR count). The average molecular weight is 531 g/mol. The molecular weight excluding hydrogens is 500 g/mol. The van der Waals surface area contributed by atoms with E-state index in [2.05, 4.69) is 20.0 Å². The summed E-state index contributed by atoms with van der Waals surface area (Å²) >= 11 is 0. The molecule has 0 aliphatic carbocycles. The fourth-order valence-electron chi connectivity index (χ4n) is 4.40. The van der Waals surface area contributed by atoms with Crippen molar-refractivity contribution in [3.63, 3.8) is 0 Å². The molecule has 0 fully saturated rings. The number of ether oxygens (including phenoxy) is 2. The number of aromatic nitrogens is 2. The van der Waals surface area contributed by atoms with Crippen LogP contribution in [0.1, 0.15) is 22.3 Å². The van der Waals surface area contributed by atoms with Crippen LogP contribution in [0, 0.1) is 13.8 Å². The first-order valence-electron chi connectivity index (χ1n) is 12.4. The Morgan fingerprint density at radius 2 is 1.71 bits per heavy atom. The first kappa shape index (κ1) is 25.8. The Morgan fingerprint density at radius 1 is 0.947 bits per heavy atom. The second-order valence-electron chi connectivity index (χ2n) is 9.32. The van der Waals surface area contributed by atoms with Crippen LogP contribution in [-0.2, 0) is 27.9 Å². The van der Waals surface area contributed by atoms with Crippen LogP contribution in [0.4, 0.5) is 5.95 Å². The Morgan fingerprint density at radius 3 is 2.50 bits per heavy atom. The van der Waals surface area contributed by atoms with Gasteiger partial charge in [-0.1, -0.05) is 60.7 Å². The van der Waals surface area contributed by atoms with Crippen molar-refractivity contribution in [1.82, 2.24) is 15.3 Å². The van der Waals surface area contributed by atoms with E-state index in [0.29, 0.717) is 25.5 Å². The second-order valence-corrected chi connectivity index (χ2v) is 11.0. The number of nitrogens with zero attached hydrogens (tertiary/aromatic N) is 2. The van der Waals surface area contributed by atoms with Gasteiger partial charge >= 0.3 is 0 Å². The summed E-state index contributed by atoms with van der Waals surface area (Å²) in [5, 5.41) is 3.44. The maximum atomic E-state index is 13.2. The van der Waals surface area contributed by atoms with Crippen molar-refractivity contribution < 1.29 is 17.9 Å². The summed E-state index contributed by atoms with van der Waals surface area (Å²) in [4.78, 5) is 9.09. The quantitative estimate of drug-likeness (QED) is 0.388. The van der Waals surface area contributed by atoms with E-state index in [1.165, 1.54) is 0 Å². The van der Waals surface area contributed by atoms with Crippen molar-refractivity contribution >= 4 is 16.0 Å². The van der Waals surface area contributed by atoms with E-state index >= 15 is 0 Å². The van der Waals surface area contributed by atoms with Gasteiger partial charge in [-0.2, -0.15) is 4.98 Å². The minimum absolute atomic E-state index is 0.0466. The van der Waals surface area contributed by atoms with Gasteiger partial charge in [-0.25, -0.2) is 18.1 Å². The Hall–Kier alpha value is -3.79. The van der Waals surface area contributed by atoms with E-state index in [-0.39, 0.29) is 29.4 Å². The van der Waals surface area contributed by atoms with E-state index in [0.717, 1.165) is 27.8 Å². The van der Waals surface area contributed by atoms with Crippen LogP contribution in [0.15, 0.2) is 83.8 Å². The minimum atomic E-state index is -3.92. The highest BCUT2D eigenvalue weighted by molar-refractivity contribution is 7.92. The van der Waals surface area contributed by atoms with Crippen LogP contribution in [0.5, 0.6) is 5.88 Å². The molecule has 0 unspecified atom stereocenters. The van der Waals surface area contributed by atoms with Crippen LogP contribution in [-0.4, -0.2) is 37.6 Å². The number of anilines is 1. The number of rotatable bonds is 5. The molecule has 0 amide bonds. The molecule has 1 aromatic heterocycles. The van der Waals surface area contributed by atoms with E-state index in [1.54, 1.807) is 24.3 Å². The Balaban J connectivity index is 1.48. The summed E-state index contributed by atoms with van der Waals surface area (Å²) in [6.07, 6.45) is 0. The Kier molecular flexibility index (Phi) is 7.69. The molecule has 196 valence electrons. The van der Waals surface area contributed by atoms with Gasteiger partial charge in [0.25, 0.3) is 10.0 Å². The summed E-state index contributed by atoms with van der Waals surface area (Å²) in [6.45, 7) is 5.57. The summed E-state index contributed by atoms with van der Waals surface area (Å²) in [7, 11) is -3.92. The van der Waals surface area contributed by atoms with E-state index in [4.69, 9.17) is 9.47 Å². The Bertz CT molecular complexity index is 1510. The summed E-state index contributed by atoms with van der Waals surface area (Å²) in [5.74, 6) is 0.228. The normalized spacial score (nSPS) is 16.7. The van der Waals surface area contributed by atoms with Crippen LogP contribution >= 0.6 is 0 Å². The molecule has 2 N–H and O–H groups in total. The first-order valence-corrected chi connectivity index (χ1v) is 13.9. The van der Waals surface area contributed by atoms with Gasteiger partial charge in [-0.3, -0.25) is 0 Å². The van der Waals surface area contributed by atoms with Gasteiger partial charge < -0.3 is 14.8 Å². The molecule has 1 atom stereocenters. The first-order chi connectivity index (χ1) is 18.4. The maximum Gasteiger partial charge on any atom is 0.264 e. The highest BCUT2D eigenvalue weighted by atomic mass is 32.2. The summed E-state index contributed by atoms with van der Waals surface area (Å²) < 4.78 is 41.1. The number of nitrogens with one attached hydrogen (secondary N) is 2. The van der Waals surface area contributed by atoms with Gasteiger partial charge in [0, 0.05) is 18.2 Å². The van der Waals surface area contributed by atoms with Crippen molar-refractivity contribution in [3.05, 3.63) is 101 Å². The number of fused-ring (bicyclic) bond motifs is 4. The fourth-order valence-corrected chi connectivity index (χ4v) is 5.41. The van der Waals surface area contributed by atoms with Crippen molar-refractivity contribution in [2.75, 3.05) is 17.9 Å². The molecule has 8 nitrogen and oxygen atoms in total. The van der Waals surface area contributed by atoms with Crippen molar-refractivity contribution in [3.8, 4) is 17.1 Å². The molecule has 0 saturated heterocycles. The SMILES string of the molecule is Cc1cccc(C)c1-c1cc2nc(n1)NS(=O)(=O)c1cccc(c1)CN[C@H](COCc1ccccc1)CO2. The van der Waals surface area contributed by atoms with Crippen LogP contribution < -0.4 is 14.8 Å². The maximum absolute atomic E-state index is 13.2. The lowest BCUT2D eigenvalue weighted by atomic mass is 10.00. The summed E-state index contributed by atoms with van der Waals surface area (Å²) in [5.41, 5.74) is 5.43. The molecule has 4 aromatic rings. The molecule has 4 bridgehead atoms.